The molecule has 0 bridgehead atoms. The van der Waals surface area contributed by atoms with Gasteiger partial charge in [-0.05, 0) is 32.6 Å². The number of halogens is 3. The fourth-order valence-electron chi connectivity index (χ4n) is 2.05. The van der Waals surface area contributed by atoms with Crippen LogP contribution in [0.15, 0.2) is 0 Å². The SMILES string of the molecule is CC(C#N)NC(=O)C1CCC(C(F)(F)F)CC1. The number of amides is 1. The van der Waals surface area contributed by atoms with E-state index in [0.717, 1.165) is 0 Å². The van der Waals surface area contributed by atoms with Crippen molar-refractivity contribution in [3.05, 3.63) is 0 Å². The van der Waals surface area contributed by atoms with Gasteiger partial charge in [0.15, 0.2) is 0 Å². The Bertz CT molecular complexity index is 314. The monoisotopic (exact) mass is 248 g/mol. The Labute approximate surface area is 98.0 Å². The van der Waals surface area contributed by atoms with Gasteiger partial charge in [0, 0.05) is 5.92 Å². The number of carbonyl (C=O) groups is 1. The number of rotatable bonds is 2. The van der Waals surface area contributed by atoms with Crippen molar-refractivity contribution in [3.63, 3.8) is 0 Å². The minimum atomic E-state index is -4.15. The van der Waals surface area contributed by atoms with Crippen molar-refractivity contribution in [1.82, 2.24) is 5.32 Å². The molecule has 1 aliphatic rings. The van der Waals surface area contributed by atoms with Crippen molar-refractivity contribution in [3.8, 4) is 6.07 Å². The molecule has 1 aliphatic carbocycles. The first-order chi connectivity index (χ1) is 7.84. The van der Waals surface area contributed by atoms with Gasteiger partial charge in [0.2, 0.25) is 5.91 Å². The van der Waals surface area contributed by atoms with Crippen LogP contribution in [0.3, 0.4) is 0 Å². The van der Waals surface area contributed by atoms with E-state index in [9.17, 15) is 18.0 Å². The van der Waals surface area contributed by atoms with Crippen LogP contribution in [-0.2, 0) is 4.79 Å². The molecule has 1 unspecified atom stereocenters. The van der Waals surface area contributed by atoms with E-state index in [1.165, 1.54) is 0 Å². The third kappa shape index (κ3) is 3.91. The lowest BCUT2D eigenvalue weighted by atomic mass is 9.81. The van der Waals surface area contributed by atoms with E-state index in [0.29, 0.717) is 0 Å². The fourth-order valence-corrected chi connectivity index (χ4v) is 2.05. The number of nitrogens with zero attached hydrogens (tertiary/aromatic N) is 1. The highest BCUT2D eigenvalue weighted by Crippen LogP contribution is 2.39. The molecule has 3 nitrogen and oxygen atoms in total. The summed E-state index contributed by atoms with van der Waals surface area (Å²) in [4.78, 5) is 11.6. The smallest absolute Gasteiger partial charge is 0.340 e. The first-order valence-corrected chi connectivity index (χ1v) is 5.61. The topological polar surface area (TPSA) is 52.9 Å². The van der Waals surface area contributed by atoms with Crippen LogP contribution in [0.4, 0.5) is 13.2 Å². The van der Waals surface area contributed by atoms with Gasteiger partial charge in [0.05, 0.1) is 12.0 Å². The average molecular weight is 248 g/mol. The second-order valence-electron chi connectivity index (χ2n) is 4.45. The fraction of sp³-hybridized carbons (Fsp3) is 0.818. The Kier molecular flexibility index (Phi) is 4.38. The quantitative estimate of drug-likeness (QED) is 0.815. The van der Waals surface area contributed by atoms with Crippen molar-refractivity contribution in [2.45, 2.75) is 44.8 Å². The molecule has 0 saturated heterocycles. The van der Waals surface area contributed by atoms with Crippen molar-refractivity contribution in [2.75, 3.05) is 0 Å². The Morgan fingerprint density at radius 3 is 2.29 bits per heavy atom. The number of hydrogen-bond acceptors (Lipinski definition) is 2. The number of nitriles is 1. The summed E-state index contributed by atoms with van der Waals surface area (Å²) < 4.78 is 37.2. The largest absolute Gasteiger partial charge is 0.391 e. The molecule has 1 saturated carbocycles. The third-order valence-electron chi connectivity index (χ3n) is 3.11. The van der Waals surface area contributed by atoms with E-state index < -0.39 is 18.1 Å². The highest BCUT2D eigenvalue weighted by atomic mass is 19.4. The van der Waals surface area contributed by atoms with Crippen molar-refractivity contribution >= 4 is 5.91 Å². The first kappa shape index (κ1) is 13.8. The van der Waals surface area contributed by atoms with E-state index in [4.69, 9.17) is 5.26 Å². The van der Waals surface area contributed by atoms with Crippen molar-refractivity contribution in [1.29, 1.82) is 5.26 Å². The summed E-state index contributed by atoms with van der Waals surface area (Å²) in [6, 6.07) is 1.26. The maximum atomic E-state index is 12.4. The average Bonchev–Trinajstić information content (AvgIpc) is 2.27. The summed E-state index contributed by atoms with van der Waals surface area (Å²) in [5.74, 6) is -1.97. The number of alkyl halides is 3. The standard InChI is InChI=1S/C11H15F3N2O/c1-7(6-15)16-10(17)8-2-4-9(5-3-8)11(12,13)14/h7-9H,2-5H2,1H3,(H,16,17). The van der Waals surface area contributed by atoms with E-state index in [2.05, 4.69) is 5.32 Å². The zero-order valence-corrected chi connectivity index (χ0v) is 9.55. The van der Waals surface area contributed by atoms with Crippen LogP contribution in [0.2, 0.25) is 0 Å². The molecule has 0 spiro atoms. The molecule has 0 aliphatic heterocycles. The highest BCUT2D eigenvalue weighted by Gasteiger charge is 2.42. The molecule has 1 atom stereocenters. The van der Waals surface area contributed by atoms with E-state index in [1.54, 1.807) is 6.92 Å². The minimum absolute atomic E-state index is 0.00250. The summed E-state index contributed by atoms with van der Waals surface area (Å²) in [5, 5.41) is 11.0. The summed E-state index contributed by atoms with van der Waals surface area (Å²) in [7, 11) is 0. The van der Waals surface area contributed by atoms with Crippen molar-refractivity contribution in [2.24, 2.45) is 11.8 Å². The van der Waals surface area contributed by atoms with Crippen molar-refractivity contribution < 1.29 is 18.0 Å². The van der Waals surface area contributed by atoms with E-state index in [-0.39, 0.29) is 37.5 Å². The maximum Gasteiger partial charge on any atom is 0.391 e. The second kappa shape index (κ2) is 5.39. The van der Waals surface area contributed by atoms with Gasteiger partial charge >= 0.3 is 6.18 Å². The van der Waals surface area contributed by atoms with Gasteiger partial charge in [-0.2, -0.15) is 18.4 Å². The Morgan fingerprint density at radius 1 is 1.35 bits per heavy atom. The van der Waals surface area contributed by atoms with Gasteiger partial charge in [-0.15, -0.1) is 0 Å². The summed E-state index contributed by atoms with van der Waals surface area (Å²) >= 11 is 0. The molecule has 96 valence electrons. The molecule has 0 heterocycles. The molecule has 1 rings (SSSR count). The van der Waals surface area contributed by atoms with Crippen LogP contribution in [0.25, 0.3) is 0 Å². The first-order valence-electron chi connectivity index (χ1n) is 5.61. The van der Waals surface area contributed by atoms with Crippen LogP contribution >= 0.6 is 0 Å². The summed E-state index contributed by atoms with van der Waals surface area (Å²) in [5.41, 5.74) is 0. The zero-order valence-electron chi connectivity index (χ0n) is 9.55. The van der Waals surface area contributed by atoms with Crippen LogP contribution < -0.4 is 5.32 Å². The van der Waals surface area contributed by atoms with Gasteiger partial charge in [-0.25, -0.2) is 0 Å². The molecule has 1 fully saturated rings. The molecule has 0 aromatic rings. The van der Waals surface area contributed by atoms with Gasteiger partial charge in [-0.1, -0.05) is 0 Å². The van der Waals surface area contributed by atoms with Crippen LogP contribution in [0, 0.1) is 23.2 Å². The second-order valence-corrected chi connectivity index (χ2v) is 4.45. The number of hydrogen-bond donors (Lipinski definition) is 1. The molecular formula is C11H15F3N2O. The number of carbonyl (C=O) groups excluding carboxylic acids is 1. The molecule has 0 radical (unpaired) electrons. The van der Waals surface area contributed by atoms with E-state index >= 15 is 0 Å². The lowest BCUT2D eigenvalue weighted by Gasteiger charge is -2.29. The molecular weight excluding hydrogens is 233 g/mol. The molecule has 6 heteroatoms. The molecule has 1 amide bonds. The predicted octanol–water partition coefficient (Wildman–Crippen LogP) is 2.38. The maximum absolute atomic E-state index is 12.4. The van der Waals surface area contributed by atoms with Gasteiger partial charge in [0.25, 0.3) is 0 Å². The minimum Gasteiger partial charge on any atom is -0.340 e. The lowest BCUT2D eigenvalue weighted by Crippen LogP contribution is -2.39. The van der Waals surface area contributed by atoms with Gasteiger partial charge in [-0.3, -0.25) is 4.79 Å². The highest BCUT2D eigenvalue weighted by molar-refractivity contribution is 5.79. The van der Waals surface area contributed by atoms with Crippen LogP contribution in [-0.4, -0.2) is 18.1 Å². The van der Waals surface area contributed by atoms with Gasteiger partial charge < -0.3 is 5.32 Å². The molecule has 0 aromatic carbocycles. The third-order valence-corrected chi connectivity index (χ3v) is 3.11. The van der Waals surface area contributed by atoms with Gasteiger partial charge in [0.1, 0.15) is 6.04 Å². The predicted molar refractivity (Wildman–Crippen MR) is 54.7 cm³/mol. The summed E-state index contributed by atoms with van der Waals surface area (Å²) in [6.07, 6.45) is -3.66. The Balaban J connectivity index is 2.42. The number of nitrogens with one attached hydrogen (secondary N) is 1. The molecule has 17 heavy (non-hydrogen) atoms. The molecule has 0 aromatic heterocycles. The Morgan fingerprint density at radius 2 is 1.88 bits per heavy atom. The molecule has 1 N–H and O–H groups in total. The van der Waals surface area contributed by atoms with Crippen LogP contribution in [0.1, 0.15) is 32.6 Å². The Hall–Kier alpha value is -1.25. The van der Waals surface area contributed by atoms with E-state index in [1.807, 2.05) is 6.07 Å². The lowest BCUT2D eigenvalue weighted by molar-refractivity contribution is -0.184. The summed E-state index contributed by atoms with van der Waals surface area (Å²) in [6.45, 7) is 1.54. The zero-order chi connectivity index (χ0) is 13.1. The normalized spacial score (nSPS) is 27.0. The van der Waals surface area contributed by atoms with Crippen LogP contribution in [0.5, 0.6) is 0 Å².